The first-order chi connectivity index (χ1) is 13.1. The van der Waals surface area contributed by atoms with Gasteiger partial charge in [0.15, 0.2) is 0 Å². The molecule has 3 atom stereocenters. The van der Waals surface area contributed by atoms with E-state index in [-0.39, 0.29) is 29.9 Å². The molecule has 0 unspecified atom stereocenters. The number of aliphatic hydroxyl groups excluding tert-OH is 1. The van der Waals surface area contributed by atoms with Crippen LogP contribution in [0.5, 0.6) is 0 Å². The summed E-state index contributed by atoms with van der Waals surface area (Å²) < 4.78 is 11.8. The molecule has 27 heavy (non-hydrogen) atoms. The topological polar surface area (TPSA) is 74.8 Å². The highest BCUT2D eigenvalue weighted by molar-refractivity contribution is 5.78. The van der Waals surface area contributed by atoms with Crippen LogP contribution in [0.1, 0.15) is 31.2 Å². The molecule has 0 bridgehead atoms. The third-order valence-corrected chi connectivity index (χ3v) is 6.30. The summed E-state index contributed by atoms with van der Waals surface area (Å²) in [6.07, 6.45) is 3.90. The molecule has 1 aliphatic carbocycles. The minimum absolute atomic E-state index is 0.0208. The standard InChI is InChI=1S/C21H28N2O4/c1-26-21-7-6-17(27-11-10-24)13-19(21)23(9-8-21)14-16-12-15-4-2-3-5-18(15)22-20(16)25/h2-5,12,17,19,24H,6-11,13-14H2,1H3,(H,22,25)/t17-,19-,21+/m0/s1. The zero-order valence-corrected chi connectivity index (χ0v) is 15.8. The van der Waals surface area contributed by atoms with E-state index in [0.29, 0.717) is 13.2 Å². The van der Waals surface area contributed by atoms with E-state index in [1.54, 1.807) is 7.11 Å². The van der Waals surface area contributed by atoms with Gasteiger partial charge in [0.1, 0.15) is 0 Å². The summed E-state index contributed by atoms with van der Waals surface area (Å²) in [6.45, 7) is 1.95. The molecule has 6 heteroatoms. The molecule has 2 heterocycles. The fourth-order valence-corrected chi connectivity index (χ4v) is 4.84. The van der Waals surface area contributed by atoms with Crippen LogP contribution >= 0.6 is 0 Å². The van der Waals surface area contributed by atoms with E-state index in [9.17, 15) is 4.79 Å². The summed E-state index contributed by atoms with van der Waals surface area (Å²) in [5.74, 6) is 0. The zero-order valence-electron chi connectivity index (χ0n) is 15.8. The van der Waals surface area contributed by atoms with Gasteiger partial charge < -0.3 is 19.6 Å². The number of nitrogens with zero attached hydrogens (tertiary/aromatic N) is 1. The van der Waals surface area contributed by atoms with Crippen molar-refractivity contribution in [2.75, 3.05) is 26.9 Å². The summed E-state index contributed by atoms with van der Waals surface area (Å²) in [5, 5.41) is 10.1. The maximum Gasteiger partial charge on any atom is 0.252 e. The normalized spacial score (nSPS) is 28.5. The van der Waals surface area contributed by atoms with Gasteiger partial charge in [0, 0.05) is 37.3 Å². The molecule has 6 nitrogen and oxygen atoms in total. The number of fused-ring (bicyclic) bond motifs is 2. The van der Waals surface area contributed by atoms with E-state index in [4.69, 9.17) is 14.6 Å². The van der Waals surface area contributed by atoms with Gasteiger partial charge in [0.05, 0.1) is 24.9 Å². The second-order valence-electron chi connectivity index (χ2n) is 7.71. The Hall–Kier alpha value is -1.73. The highest BCUT2D eigenvalue weighted by Gasteiger charge is 2.51. The number of hydrogen-bond acceptors (Lipinski definition) is 5. The molecule has 1 aromatic heterocycles. The van der Waals surface area contributed by atoms with Gasteiger partial charge in [-0.15, -0.1) is 0 Å². The molecule has 0 amide bonds. The average Bonchev–Trinajstić information content (AvgIpc) is 3.05. The maximum atomic E-state index is 12.6. The summed E-state index contributed by atoms with van der Waals surface area (Å²) in [4.78, 5) is 17.9. The first-order valence-electron chi connectivity index (χ1n) is 9.78. The number of rotatable bonds is 6. The second-order valence-corrected chi connectivity index (χ2v) is 7.71. The number of benzene rings is 1. The second kappa shape index (κ2) is 7.72. The number of hydrogen-bond donors (Lipinski definition) is 2. The Balaban J connectivity index is 1.56. The molecule has 1 saturated heterocycles. The van der Waals surface area contributed by atoms with Gasteiger partial charge in [-0.1, -0.05) is 18.2 Å². The number of methoxy groups -OCH3 is 1. The Morgan fingerprint density at radius 1 is 1.33 bits per heavy atom. The lowest BCUT2D eigenvalue weighted by molar-refractivity contribution is -0.104. The van der Waals surface area contributed by atoms with Crippen molar-refractivity contribution in [2.45, 2.75) is 50.0 Å². The van der Waals surface area contributed by atoms with Crippen LogP contribution in [-0.4, -0.2) is 59.6 Å². The zero-order chi connectivity index (χ0) is 18.9. The van der Waals surface area contributed by atoms with E-state index >= 15 is 0 Å². The largest absolute Gasteiger partial charge is 0.394 e. The molecule has 2 fully saturated rings. The molecule has 1 saturated carbocycles. The average molecular weight is 372 g/mol. The van der Waals surface area contributed by atoms with Crippen LogP contribution in [0.3, 0.4) is 0 Å². The molecule has 146 valence electrons. The number of pyridine rings is 1. The molecular formula is C21H28N2O4. The van der Waals surface area contributed by atoms with Crippen LogP contribution in [0.2, 0.25) is 0 Å². The lowest BCUT2D eigenvalue weighted by Gasteiger charge is -2.43. The number of ether oxygens (including phenoxy) is 2. The first-order valence-corrected chi connectivity index (χ1v) is 9.78. The van der Waals surface area contributed by atoms with Crippen molar-refractivity contribution in [3.8, 4) is 0 Å². The summed E-state index contributed by atoms with van der Waals surface area (Å²) in [6, 6.07) is 10.1. The number of aliphatic hydroxyl groups is 1. The summed E-state index contributed by atoms with van der Waals surface area (Å²) >= 11 is 0. The number of aromatic nitrogens is 1. The van der Waals surface area contributed by atoms with Crippen molar-refractivity contribution >= 4 is 10.9 Å². The third kappa shape index (κ3) is 3.55. The summed E-state index contributed by atoms with van der Waals surface area (Å²) in [5.41, 5.74) is 1.49. The number of para-hydroxylation sites is 1. The molecule has 0 spiro atoms. The van der Waals surface area contributed by atoms with Crippen molar-refractivity contribution < 1.29 is 14.6 Å². The monoisotopic (exact) mass is 372 g/mol. The predicted octanol–water partition coefficient (Wildman–Crippen LogP) is 2.05. The van der Waals surface area contributed by atoms with Crippen LogP contribution in [-0.2, 0) is 16.0 Å². The Labute approximate surface area is 159 Å². The fourth-order valence-electron chi connectivity index (χ4n) is 4.84. The van der Waals surface area contributed by atoms with Crippen molar-refractivity contribution in [1.29, 1.82) is 0 Å². The first kappa shape index (κ1) is 18.6. The highest BCUT2D eigenvalue weighted by atomic mass is 16.5. The van der Waals surface area contributed by atoms with Crippen LogP contribution < -0.4 is 5.56 Å². The van der Waals surface area contributed by atoms with E-state index in [1.807, 2.05) is 30.3 Å². The lowest BCUT2D eigenvalue weighted by atomic mass is 9.79. The van der Waals surface area contributed by atoms with E-state index in [2.05, 4.69) is 9.88 Å². The number of likely N-dealkylation sites (tertiary alicyclic amines) is 1. The van der Waals surface area contributed by atoms with Gasteiger partial charge in [-0.25, -0.2) is 0 Å². The van der Waals surface area contributed by atoms with Crippen LogP contribution in [0.15, 0.2) is 35.1 Å². The Morgan fingerprint density at radius 3 is 3.00 bits per heavy atom. The van der Waals surface area contributed by atoms with Gasteiger partial charge in [-0.3, -0.25) is 9.69 Å². The molecular weight excluding hydrogens is 344 g/mol. The Morgan fingerprint density at radius 2 is 2.19 bits per heavy atom. The van der Waals surface area contributed by atoms with Crippen LogP contribution in [0, 0.1) is 0 Å². The molecule has 4 rings (SSSR count). The minimum Gasteiger partial charge on any atom is -0.394 e. The quantitative estimate of drug-likeness (QED) is 0.812. The number of aromatic amines is 1. The fraction of sp³-hybridized carbons (Fsp3) is 0.571. The van der Waals surface area contributed by atoms with Gasteiger partial charge in [0.25, 0.3) is 5.56 Å². The highest BCUT2D eigenvalue weighted by Crippen LogP contribution is 2.43. The van der Waals surface area contributed by atoms with Crippen molar-refractivity contribution in [2.24, 2.45) is 0 Å². The molecule has 0 radical (unpaired) electrons. The Kier molecular flexibility index (Phi) is 5.32. The third-order valence-electron chi connectivity index (χ3n) is 6.30. The van der Waals surface area contributed by atoms with Crippen molar-refractivity contribution in [1.82, 2.24) is 9.88 Å². The molecule has 1 aliphatic heterocycles. The van der Waals surface area contributed by atoms with Gasteiger partial charge in [0.2, 0.25) is 0 Å². The van der Waals surface area contributed by atoms with Gasteiger partial charge >= 0.3 is 0 Å². The van der Waals surface area contributed by atoms with Gasteiger partial charge in [-0.05, 0) is 43.2 Å². The predicted molar refractivity (Wildman–Crippen MR) is 104 cm³/mol. The molecule has 2 aromatic rings. The maximum absolute atomic E-state index is 12.6. The minimum atomic E-state index is -0.150. The van der Waals surface area contributed by atoms with Crippen molar-refractivity contribution in [3.05, 3.63) is 46.2 Å². The van der Waals surface area contributed by atoms with E-state index < -0.39 is 0 Å². The molecule has 1 aromatic carbocycles. The summed E-state index contributed by atoms with van der Waals surface area (Å²) in [7, 11) is 1.80. The molecule has 2 aliphatic rings. The van der Waals surface area contributed by atoms with Gasteiger partial charge in [-0.2, -0.15) is 0 Å². The van der Waals surface area contributed by atoms with Crippen LogP contribution in [0.25, 0.3) is 10.9 Å². The van der Waals surface area contributed by atoms with Crippen molar-refractivity contribution in [3.63, 3.8) is 0 Å². The van der Waals surface area contributed by atoms with Crippen LogP contribution in [0.4, 0.5) is 0 Å². The lowest BCUT2D eigenvalue weighted by Crippen LogP contribution is -2.52. The van der Waals surface area contributed by atoms with E-state index in [0.717, 1.165) is 48.7 Å². The molecule has 2 N–H and O–H groups in total. The smallest absolute Gasteiger partial charge is 0.252 e. The number of H-pyrrole nitrogens is 1. The Bertz CT molecular complexity index is 851. The SMILES string of the molecule is CO[C@@]12CC[C@H](OCCO)C[C@@H]1N(Cc1cc3ccccc3[nH]c1=O)CC2. The van der Waals surface area contributed by atoms with E-state index in [1.165, 1.54) is 0 Å². The number of nitrogens with one attached hydrogen (secondary N) is 1.